The van der Waals surface area contributed by atoms with Crippen molar-refractivity contribution in [2.75, 3.05) is 10.6 Å². The van der Waals surface area contributed by atoms with Crippen LogP contribution in [0.5, 0.6) is 0 Å². The maximum absolute atomic E-state index is 5.46. The van der Waals surface area contributed by atoms with Crippen LogP contribution in [0.15, 0.2) is 79.1 Å². The zero-order chi connectivity index (χ0) is 20.8. The largest absolute Gasteiger partial charge is 0.332 e. The van der Waals surface area contributed by atoms with Crippen molar-refractivity contribution in [3.63, 3.8) is 0 Å². The molecule has 2 N–H and O–H groups in total. The summed E-state index contributed by atoms with van der Waals surface area (Å²) >= 11 is 5.46. The maximum Gasteiger partial charge on any atom is 0.175 e. The van der Waals surface area contributed by atoms with E-state index in [2.05, 4.69) is 89.4 Å². The van der Waals surface area contributed by atoms with Crippen molar-refractivity contribution in [3.05, 3.63) is 90.3 Å². The van der Waals surface area contributed by atoms with E-state index < -0.39 is 0 Å². The van der Waals surface area contributed by atoms with Crippen molar-refractivity contribution >= 4 is 39.5 Å². The fourth-order valence-corrected chi connectivity index (χ4v) is 3.78. The third-order valence-corrected chi connectivity index (χ3v) is 5.34. The van der Waals surface area contributed by atoms with Crippen LogP contribution in [0, 0.1) is 0 Å². The smallest absolute Gasteiger partial charge is 0.175 e. The molecule has 30 heavy (non-hydrogen) atoms. The zero-order valence-electron chi connectivity index (χ0n) is 17.1. The minimum atomic E-state index is 0.556. The first-order valence-electron chi connectivity index (χ1n) is 10.4. The van der Waals surface area contributed by atoms with Crippen LogP contribution in [-0.2, 0) is 13.0 Å². The van der Waals surface area contributed by atoms with E-state index in [0.717, 1.165) is 17.8 Å². The summed E-state index contributed by atoms with van der Waals surface area (Å²) in [4.78, 5) is 0. The minimum absolute atomic E-state index is 0.556. The van der Waals surface area contributed by atoms with Crippen LogP contribution < -0.4 is 10.6 Å². The van der Waals surface area contributed by atoms with Crippen LogP contribution >= 0.6 is 12.2 Å². The van der Waals surface area contributed by atoms with E-state index in [1.54, 1.807) is 6.20 Å². The molecular formula is C25H26N4S. The quantitative estimate of drug-likeness (QED) is 0.351. The van der Waals surface area contributed by atoms with Crippen molar-refractivity contribution in [1.82, 2.24) is 9.78 Å². The molecule has 0 aliphatic carbocycles. The van der Waals surface area contributed by atoms with Crippen molar-refractivity contribution in [2.24, 2.45) is 0 Å². The third kappa shape index (κ3) is 5.05. The predicted octanol–water partition coefficient (Wildman–Crippen LogP) is 6.24. The number of fused-ring (bicyclic) bond motifs is 1. The Morgan fingerprint density at radius 3 is 2.53 bits per heavy atom. The molecule has 1 heterocycles. The number of anilines is 2. The summed E-state index contributed by atoms with van der Waals surface area (Å²) in [6, 6.07) is 23.2. The standard InChI is InChI=1S/C25H26N4S/c1-2-3-7-19-12-14-22(15-13-19)27-25(30)28-23-16-26-29(18-23)17-21-10-6-9-20-8-4-5-11-24(20)21/h4-6,8-16,18H,2-3,7,17H2,1H3,(H2,27,28,30). The Bertz CT molecular complexity index is 1130. The van der Waals surface area contributed by atoms with Gasteiger partial charge in [0.15, 0.2) is 5.11 Å². The molecule has 0 unspecified atom stereocenters. The molecular weight excluding hydrogens is 388 g/mol. The number of benzene rings is 3. The fraction of sp³-hybridized carbons (Fsp3) is 0.200. The Morgan fingerprint density at radius 2 is 1.70 bits per heavy atom. The number of aryl methyl sites for hydroxylation is 1. The second-order valence-corrected chi connectivity index (χ2v) is 7.85. The second-order valence-electron chi connectivity index (χ2n) is 7.44. The highest BCUT2D eigenvalue weighted by molar-refractivity contribution is 7.80. The Balaban J connectivity index is 1.36. The second kappa shape index (κ2) is 9.55. The van der Waals surface area contributed by atoms with Gasteiger partial charge in [0.2, 0.25) is 0 Å². The lowest BCUT2D eigenvalue weighted by Gasteiger charge is -2.10. The molecule has 5 heteroatoms. The Kier molecular flexibility index (Phi) is 6.40. The van der Waals surface area contributed by atoms with Crippen molar-refractivity contribution in [1.29, 1.82) is 0 Å². The topological polar surface area (TPSA) is 41.9 Å². The molecule has 4 aromatic rings. The molecule has 0 aliphatic heterocycles. The van der Waals surface area contributed by atoms with Gasteiger partial charge in [-0.3, -0.25) is 4.68 Å². The molecule has 4 nitrogen and oxygen atoms in total. The molecule has 0 bridgehead atoms. The summed E-state index contributed by atoms with van der Waals surface area (Å²) in [6.07, 6.45) is 7.32. The number of nitrogens with one attached hydrogen (secondary N) is 2. The van der Waals surface area contributed by atoms with Gasteiger partial charge in [0.1, 0.15) is 0 Å². The molecule has 0 fully saturated rings. The molecule has 0 saturated carbocycles. The van der Waals surface area contributed by atoms with Crippen LogP contribution in [0.25, 0.3) is 10.8 Å². The molecule has 0 radical (unpaired) electrons. The first-order chi connectivity index (χ1) is 14.7. The van der Waals surface area contributed by atoms with Gasteiger partial charge in [0, 0.05) is 11.9 Å². The van der Waals surface area contributed by atoms with Gasteiger partial charge < -0.3 is 10.6 Å². The summed E-state index contributed by atoms with van der Waals surface area (Å²) in [6.45, 7) is 2.92. The molecule has 0 amide bonds. The molecule has 0 atom stereocenters. The van der Waals surface area contributed by atoms with E-state index in [1.807, 2.05) is 10.9 Å². The van der Waals surface area contributed by atoms with E-state index in [9.17, 15) is 0 Å². The number of thiocarbonyl (C=S) groups is 1. The maximum atomic E-state index is 5.46. The number of rotatable bonds is 7. The lowest BCUT2D eigenvalue weighted by molar-refractivity contribution is 0.690. The fourth-order valence-electron chi connectivity index (χ4n) is 3.55. The Labute approximate surface area is 182 Å². The lowest BCUT2D eigenvalue weighted by Crippen LogP contribution is -2.18. The predicted molar refractivity (Wildman–Crippen MR) is 130 cm³/mol. The highest BCUT2D eigenvalue weighted by atomic mass is 32.1. The first-order valence-corrected chi connectivity index (χ1v) is 10.8. The Hall–Kier alpha value is -3.18. The molecule has 4 rings (SSSR count). The Morgan fingerprint density at radius 1 is 0.933 bits per heavy atom. The monoisotopic (exact) mass is 414 g/mol. The van der Waals surface area contributed by atoms with Crippen molar-refractivity contribution in [3.8, 4) is 0 Å². The van der Waals surface area contributed by atoms with E-state index in [0.29, 0.717) is 11.7 Å². The van der Waals surface area contributed by atoms with Crippen molar-refractivity contribution in [2.45, 2.75) is 32.7 Å². The van der Waals surface area contributed by atoms with Crippen molar-refractivity contribution < 1.29 is 0 Å². The molecule has 0 spiro atoms. The van der Waals surface area contributed by atoms with E-state index in [4.69, 9.17) is 12.2 Å². The van der Waals surface area contributed by atoms with E-state index in [-0.39, 0.29) is 0 Å². The SMILES string of the molecule is CCCCc1ccc(NC(=S)Nc2cnn(Cc3cccc4ccccc34)c2)cc1. The zero-order valence-corrected chi connectivity index (χ0v) is 18.0. The van der Waals surface area contributed by atoms with Gasteiger partial charge in [0.25, 0.3) is 0 Å². The summed E-state index contributed by atoms with van der Waals surface area (Å²) in [5.41, 5.74) is 4.45. The van der Waals surface area contributed by atoms with Gasteiger partial charge in [-0.05, 0) is 59.1 Å². The summed E-state index contributed by atoms with van der Waals surface area (Å²) in [5.74, 6) is 0. The normalized spacial score (nSPS) is 10.8. The summed E-state index contributed by atoms with van der Waals surface area (Å²) in [7, 11) is 0. The first kappa shape index (κ1) is 20.1. The molecule has 3 aromatic carbocycles. The van der Waals surface area contributed by atoms with Gasteiger partial charge in [-0.2, -0.15) is 5.10 Å². The summed E-state index contributed by atoms with van der Waals surface area (Å²) in [5, 5.41) is 14.0. The van der Waals surface area contributed by atoms with E-state index >= 15 is 0 Å². The average molecular weight is 415 g/mol. The van der Waals surface area contributed by atoms with E-state index in [1.165, 1.54) is 34.7 Å². The lowest BCUT2D eigenvalue weighted by atomic mass is 10.0. The van der Waals surface area contributed by atoms with Gasteiger partial charge in [-0.25, -0.2) is 0 Å². The van der Waals surface area contributed by atoms with Gasteiger partial charge in [0.05, 0.1) is 18.4 Å². The van der Waals surface area contributed by atoms with Crippen LogP contribution in [0.4, 0.5) is 11.4 Å². The summed E-state index contributed by atoms with van der Waals surface area (Å²) < 4.78 is 1.93. The minimum Gasteiger partial charge on any atom is -0.332 e. The molecule has 1 aromatic heterocycles. The number of hydrogen-bond donors (Lipinski definition) is 2. The highest BCUT2D eigenvalue weighted by Crippen LogP contribution is 2.20. The molecule has 0 saturated heterocycles. The highest BCUT2D eigenvalue weighted by Gasteiger charge is 2.05. The number of aromatic nitrogens is 2. The average Bonchev–Trinajstić information content (AvgIpc) is 3.20. The number of nitrogens with zero attached hydrogens (tertiary/aromatic N) is 2. The molecule has 152 valence electrons. The van der Waals surface area contributed by atoms with Gasteiger partial charge >= 0.3 is 0 Å². The third-order valence-electron chi connectivity index (χ3n) is 5.13. The number of unbranched alkanes of at least 4 members (excludes halogenated alkanes) is 1. The van der Waals surface area contributed by atoms with Gasteiger partial charge in [-0.1, -0.05) is 67.9 Å². The van der Waals surface area contributed by atoms with Crippen LogP contribution in [0.3, 0.4) is 0 Å². The van der Waals surface area contributed by atoms with Gasteiger partial charge in [-0.15, -0.1) is 0 Å². The van der Waals surface area contributed by atoms with Crippen LogP contribution in [0.1, 0.15) is 30.9 Å². The van der Waals surface area contributed by atoms with Crippen LogP contribution in [-0.4, -0.2) is 14.9 Å². The number of hydrogen-bond acceptors (Lipinski definition) is 2. The van der Waals surface area contributed by atoms with Crippen LogP contribution in [0.2, 0.25) is 0 Å². The molecule has 0 aliphatic rings.